The van der Waals surface area contributed by atoms with E-state index in [-0.39, 0.29) is 16.0 Å². The average molecular weight is 337 g/mol. The zero-order valence-electron chi connectivity index (χ0n) is 11.6. The molecule has 3 aromatic rings. The van der Waals surface area contributed by atoms with Gasteiger partial charge in [-0.15, -0.1) is 11.3 Å². The summed E-state index contributed by atoms with van der Waals surface area (Å²) in [6, 6.07) is 3.08. The van der Waals surface area contributed by atoms with Crippen LogP contribution in [0.2, 0.25) is 0 Å². The van der Waals surface area contributed by atoms with Crippen molar-refractivity contribution in [2.75, 3.05) is 5.43 Å². The van der Waals surface area contributed by atoms with Gasteiger partial charge in [0, 0.05) is 6.07 Å². The monoisotopic (exact) mass is 337 g/mol. The predicted molar refractivity (Wildman–Crippen MR) is 81.0 cm³/mol. The van der Waals surface area contributed by atoms with E-state index in [1.165, 1.54) is 13.0 Å². The minimum Gasteiger partial charge on any atom is -0.477 e. The van der Waals surface area contributed by atoms with Crippen LogP contribution in [0.5, 0.6) is 0 Å². The number of carboxylic acid groups (broad SMARTS) is 1. The van der Waals surface area contributed by atoms with Crippen molar-refractivity contribution in [2.24, 2.45) is 0 Å². The minimum atomic E-state index is -1.13. The van der Waals surface area contributed by atoms with Crippen LogP contribution in [0.1, 0.15) is 15.2 Å². The number of thiophene rings is 1. The molecule has 1 aromatic carbocycles. The van der Waals surface area contributed by atoms with Crippen molar-refractivity contribution in [1.82, 2.24) is 9.66 Å². The molecule has 0 spiro atoms. The first-order chi connectivity index (χ1) is 10.9. The summed E-state index contributed by atoms with van der Waals surface area (Å²) >= 11 is 0.904. The van der Waals surface area contributed by atoms with Gasteiger partial charge in [0.1, 0.15) is 16.0 Å². The predicted octanol–water partition coefficient (Wildman–Crippen LogP) is 2.62. The van der Waals surface area contributed by atoms with Gasteiger partial charge in [0.05, 0.1) is 11.1 Å². The van der Waals surface area contributed by atoms with Crippen molar-refractivity contribution in [3.8, 4) is 0 Å². The average Bonchev–Trinajstić information content (AvgIpc) is 2.84. The number of fused-ring (bicyclic) bond motifs is 1. The van der Waals surface area contributed by atoms with E-state index >= 15 is 0 Å². The Kier molecular flexibility index (Phi) is 3.57. The molecule has 0 unspecified atom stereocenters. The van der Waals surface area contributed by atoms with E-state index in [1.54, 1.807) is 0 Å². The lowest BCUT2D eigenvalue weighted by atomic mass is 10.2. The van der Waals surface area contributed by atoms with Crippen LogP contribution in [-0.2, 0) is 0 Å². The molecule has 3 rings (SSSR count). The van der Waals surface area contributed by atoms with Crippen molar-refractivity contribution in [2.45, 2.75) is 6.92 Å². The van der Waals surface area contributed by atoms with Crippen LogP contribution in [0.25, 0.3) is 10.2 Å². The third kappa shape index (κ3) is 2.55. The Bertz CT molecular complexity index is 997. The number of halogens is 2. The molecular formula is C14H9F2N3O3S. The van der Waals surface area contributed by atoms with E-state index < -0.39 is 23.2 Å². The van der Waals surface area contributed by atoms with E-state index in [4.69, 9.17) is 5.11 Å². The van der Waals surface area contributed by atoms with Gasteiger partial charge in [0.15, 0.2) is 11.6 Å². The molecule has 0 aliphatic carbocycles. The largest absolute Gasteiger partial charge is 0.477 e. The van der Waals surface area contributed by atoms with Crippen molar-refractivity contribution in [3.63, 3.8) is 0 Å². The van der Waals surface area contributed by atoms with Gasteiger partial charge in [0.25, 0.3) is 5.56 Å². The first kappa shape index (κ1) is 15.1. The summed E-state index contributed by atoms with van der Waals surface area (Å²) in [5.41, 5.74) is 2.53. The fourth-order valence-corrected chi connectivity index (χ4v) is 3.09. The van der Waals surface area contributed by atoms with E-state index in [0.717, 1.165) is 34.5 Å². The van der Waals surface area contributed by atoms with Gasteiger partial charge >= 0.3 is 5.97 Å². The topological polar surface area (TPSA) is 84.2 Å². The molecule has 0 radical (unpaired) electrons. The number of rotatable bonds is 3. The van der Waals surface area contributed by atoms with Crippen molar-refractivity contribution in [1.29, 1.82) is 0 Å². The molecule has 2 N–H and O–H groups in total. The Morgan fingerprint density at radius 2 is 2.09 bits per heavy atom. The second kappa shape index (κ2) is 5.43. The summed E-state index contributed by atoms with van der Waals surface area (Å²) in [5, 5.41) is 9.27. The van der Waals surface area contributed by atoms with Crippen molar-refractivity contribution >= 4 is 33.2 Å². The summed E-state index contributed by atoms with van der Waals surface area (Å²) in [5.74, 6) is -3.20. The van der Waals surface area contributed by atoms with Crippen LogP contribution >= 0.6 is 11.3 Å². The molecule has 2 aromatic heterocycles. The summed E-state index contributed by atoms with van der Waals surface area (Å²) in [6.45, 7) is 1.52. The number of nitrogens with one attached hydrogen (secondary N) is 1. The normalized spacial score (nSPS) is 10.9. The third-order valence-electron chi connectivity index (χ3n) is 3.21. The number of anilines is 1. The van der Waals surface area contributed by atoms with Gasteiger partial charge in [-0.3, -0.25) is 10.2 Å². The highest BCUT2D eigenvalue weighted by atomic mass is 32.1. The van der Waals surface area contributed by atoms with Crippen LogP contribution < -0.4 is 11.0 Å². The molecule has 2 heterocycles. The Hall–Kier alpha value is -2.81. The van der Waals surface area contributed by atoms with Gasteiger partial charge in [-0.1, -0.05) is 0 Å². The molecule has 0 atom stereocenters. The van der Waals surface area contributed by atoms with E-state index in [2.05, 4.69) is 10.4 Å². The standard InChI is InChI=1S/C14H9F2N3O3S/c1-6-10-12(23-11(6)14(21)22)17-5-19(13(10)20)18-7-2-3-8(15)9(16)4-7/h2-5,18H,1H3,(H,21,22). The van der Waals surface area contributed by atoms with Crippen LogP contribution in [-0.4, -0.2) is 20.7 Å². The first-order valence-electron chi connectivity index (χ1n) is 6.34. The number of carboxylic acids is 1. The summed E-state index contributed by atoms with van der Waals surface area (Å²) in [7, 11) is 0. The molecule has 0 aliphatic rings. The summed E-state index contributed by atoms with van der Waals surface area (Å²) in [4.78, 5) is 27.9. The third-order valence-corrected chi connectivity index (χ3v) is 4.40. The fourth-order valence-electron chi connectivity index (χ4n) is 2.11. The van der Waals surface area contributed by atoms with Gasteiger partial charge in [-0.25, -0.2) is 23.2 Å². The Morgan fingerprint density at radius 1 is 1.35 bits per heavy atom. The molecule has 0 fully saturated rings. The van der Waals surface area contributed by atoms with Crippen LogP contribution in [0.4, 0.5) is 14.5 Å². The van der Waals surface area contributed by atoms with Crippen LogP contribution in [0.3, 0.4) is 0 Å². The number of aromatic nitrogens is 2. The summed E-state index contributed by atoms with van der Waals surface area (Å²) in [6.07, 6.45) is 1.16. The smallest absolute Gasteiger partial charge is 0.346 e. The lowest BCUT2D eigenvalue weighted by Gasteiger charge is -2.09. The first-order valence-corrected chi connectivity index (χ1v) is 7.16. The van der Waals surface area contributed by atoms with Gasteiger partial charge < -0.3 is 5.11 Å². The van der Waals surface area contributed by atoms with Crippen LogP contribution in [0, 0.1) is 18.6 Å². The number of aromatic carboxylic acids is 1. The maximum Gasteiger partial charge on any atom is 0.346 e. The minimum absolute atomic E-state index is 0.0372. The Labute approximate surface area is 131 Å². The molecule has 0 saturated heterocycles. The van der Waals surface area contributed by atoms with Crippen LogP contribution in [0.15, 0.2) is 29.3 Å². The van der Waals surface area contributed by atoms with E-state index in [9.17, 15) is 18.4 Å². The van der Waals surface area contributed by atoms with E-state index in [1.807, 2.05) is 0 Å². The van der Waals surface area contributed by atoms with Gasteiger partial charge in [-0.05, 0) is 24.6 Å². The zero-order valence-corrected chi connectivity index (χ0v) is 12.4. The maximum atomic E-state index is 13.2. The molecule has 0 saturated carbocycles. The molecule has 6 nitrogen and oxygen atoms in total. The van der Waals surface area contributed by atoms with Crippen molar-refractivity contribution < 1.29 is 18.7 Å². The highest BCUT2D eigenvalue weighted by molar-refractivity contribution is 7.20. The number of aryl methyl sites for hydroxylation is 1. The second-order valence-corrected chi connectivity index (χ2v) is 5.70. The molecule has 23 heavy (non-hydrogen) atoms. The maximum absolute atomic E-state index is 13.2. The van der Waals surface area contributed by atoms with Gasteiger partial charge in [-0.2, -0.15) is 0 Å². The lowest BCUT2D eigenvalue weighted by molar-refractivity contribution is 0.0701. The number of hydrogen-bond acceptors (Lipinski definition) is 5. The van der Waals surface area contributed by atoms with E-state index in [0.29, 0.717) is 10.4 Å². The highest BCUT2D eigenvalue weighted by Crippen LogP contribution is 2.26. The molecule has 0 aliphatic heterocycles. The second-order valence-electron chi connectivity index (χ2n) is 4.70. The number of hydrogen-bond donors (Lipinski definition) is 2. The number of nitrogens with zero attached hydrogens (tertiary/aromatic N) is 2. The van der Waals surface area contributed by atoms with Crippen molar-refractivity contribution in [3.05, 3.63) is 57.0 Å². The zero-order chi connectivity index (χ0) is 16.7. The Balaban J connectivity index is 2.10. The quantitative estimate of drug-likeness (QED) is 0.767. The lowest BCUT2D eigenvalue weighted by Crippen LogP contribution is -2.26. The highest BCUT2D eigenvalue weighted by Gasteiger charge is 2.18. The molecule has 0 bridgehead atoms. The number of benzene rings is 1. The molecule has 0 amide bonds. The molecular weight excluding hydrogens is 328 g/mol. The SMILES string of the molecule is Cc1c(C(=O)O)sc2ncn(Nc3ccc(F)c(F)c3)c(=O)c12. The number of carbonyl (C=O) groups is 1. The van der Waals surface area contributed by atoms with Gasteiger partial charge in [0.2, 0.25) is 0 Å². The fraction of sp³-hybridized carbons (Fsp3) is 0.0714. The molecule has 118 valence electrons. The summed E-state index contributed by atoms with van der Waals surface area (Å²) < 4.78 is 27.1. The Morgan fingerprint density at radius 3 is 2.74 bits per heavy atom. The molecule has 9 heteroatoms.